The van der Waals surface area contributed by atoms with Gasteiger partial charge in [0.25, 0.3) is 0 Å². The summed E-state index contributed by atoms with van der Waals surface area (Å²) in [6, 6.07) is 0. The molecule has 0 fully saturated rings. The molecule has 0 saturated carbocycles. The summed E-state index contributed by atoms with van der Waals surface area (Å²) < 4.78 is 10.6. The van der Waals surface area contributed by atoms with Gasteiger partial charge in [-0.1, -0.05) is 66.2 Å². The van der Waals surface area contributed by atoms with Crippen LogP contribution in [0.4, 0.5) is 4.79 Å². The first-order valence-electron chi connectivity index (χ1n) is 11.6. The highest BCUT2D eigenvalue weighted by molar-refractivity contribution is 5.60. The summed E-state index contributed by atoms with van der Waals surface area (Å²) in [6.07, 6.45) is 5.89. The molecule has 0 aromatic heterocycles. The molecule has 0 aliphatic carbocycles. The number of carbonyl (C=O) groups excluding carboxylic acids is 1. The molecule has 2 unspecified atom stereocenters. The lowest BCUT2D eigenvalue weighted by atomic mass is 10.0. The maximum Gasteiger partial charge on any atom is 0.513 e. The van der Waals surface area contributed by atoms with Crippen molar-refractivity contribution in [2.75, 3.05) is 0 Å². The summed E-state index contributed by atoms with van der Waals surface area (Å²) >= 11 is 0. The molecule has 180 valence electrons. The predicted octanol–water partition coefficient (Wildman–Crippen LogP) is 7.23. The summed E-state index contributed by atoms with van der Waals surface area (Å²) in [7, 11) is 0. The van der Waals surface area contributed by atoms with Gasteiger partial charge in [-0.05, 0) is 40.5 Å². The van der Waals surface area contributed by atoms with Crippen molar-refractivity contribution in [3.8, 4) is 0 Å². The molecule has 0 rings (SSSR count). The minimum atomic E-state index is -0.864. The monoisotopic (exact) mass is 434 g/mol. The second kappa shape index (κ2) is 15.8. The van der Waals surface area contributed by atoms with Gasteiger partial charge >= 0.3 is 6.16 Å². The quantitative estimate of drug-likeness (QED) is 0.0975. The van der Waals surface area contributed by atoms with Gasteiger partial charge in [0.05, 0.1) is 11.2 Å². The van der Waals surface area contributed by atoms with Crippen molar-refractivity contribution < 1.29 is 33.8 Å². The number of hydrogen-bond acceptors (Lipinski definition) is 7. The third-order valence-corrected chi connectivity index (χ3v) is 4.53. The molecule has 0 radical (unpaired) electrons. The van der Waals surface area contributed by atoms with Crippen LogP contribution in [0, 0.1) is 0 Å². The van der Waals surface area contributed by atoms with Crippen LogP contribution < -0.4 is 0 Å². The van der Waals surface area contributed by atoms with Crippen molar-refractivity contribution in [2.24, 2.45) is 0 Å². The number of carbonyl (C=O) groups is 1. The van der Waals surface area contributed by atoms with E-state index in [1.165, 1.54) is 0 Å². The molecule has 0 aliphatic rings. The molecule has 0 spiro atoms. The van der Waals surface area contributed by atoms with E-state index in [9.17, 15) is 4.79 Å². The van der Waals surface area contributed by atoms with Crippen LogP contribution in [0.15, 0.2) is 0 Å². The lowest BCUT2D eigenvalue weighted by molar-refractivity contribution is -0.425. The van der Waals surface area contributed by atoms with E-state index in [0.29, 0.717) is 12.8 Å². The molecule has 30 heavy (non-hydrogen) atoms. The molecule has 0 N–H and O–H groups in total. The van der Waals surface area contributed by atoms with E-state index in [4.69, 9.17) is 29.0 Å². The Hall–Kier alpha value is -0.890. The van der Waals surface area contributed by atoms with Crippen LogP contribution in [0.1, 0.15) is 120 Å². The largest absolute Gasteiger partial charge is 0.513 e. The molecule has 2 atom stereocenters. The van der Waals surface area contributed by atoms with Crippen LogP contribution in [0.25, 0.3) is 0 Å². The van der Waals surface area contributed by atoms with Crippen LogP contribution >= 0.6 is 0 Å². The zero-order valence-electron chi connectivity index (χ0n) is 20.6. The molecule has 0 aliphatic heterocycles. The smallest absolute Gasteiger partial charge is 0.401 e. The molecule has 0 heterocycles. The van der Waals surface area contributed by atoms with E-state index < -0.39 is 29.9 Å². The Morgan fingerprint density at radius 2 is 1.03 bits per heavy atom. The Kier molecular flexibility index (Phi) is 15.4. The van der Waals surface area contributed by atoms with E-state index in [1.807, 2.05) is 41.5 Å². The minimum Gasteiger partial charge on any atom is -0.401 e. The zero-order valence-corrected chi connectivity index (χ0v) is 20.6. The fourth-order valence-electron chi connectivity index (χ4n) is 2.62. The molecule has 0 amide bonds. The van der Waals surface area contributed by atoms with Crippen molar-refractivity contribution >= 4 is 6.16 Å². The van der Waals surface area contributed by atoms with E-state index in [2.05, 4.69) is 13.8 Å². The average molecular weight is 435 g/mol. The Morgan fingerprint density at radius 3 is 1.33 bits per heavy atom. The molecule has 0 saturated heterocycles. The summed E-state index contributed by atoms with van der Waals surface area (Å²) in [6.45, 7) is 16.0. The van der Waals surface area contributed by atoms with Crippen LogP contribution in [-0.4, -0.2) is 29.9 Å². The second-order valence-electron chi connectivity index (χ2n) is 9.01. The lowest BCUT2D eigenvalue weighted by Gasteiger charge is -2.27. The van der Waals surface area contributed by atoms with Gasteiger partial charge in [0.1, 0.15) is 0 Å². The number of unbranched alkanes of at least 4 members (excludes halogenated alkanes) is 2. The van der Waals surface area contributed by atoms with Crippen molar-refractivity contribution in [2.45, 2.75) is 143 Å². The van der Waals surface area contributed by atoms with Crippen LogP contribution in [0.2, 0.25) is 0 Å². The van der Waals surface area contributed by atoms with Crippen LogP contribution in [0.5, 0.6) is 0 Å². The zero-order chi connectivity index (χ0) is 23.0. The molecule has 0 aromatic carbocycles. The van der Waals surface area contributed by atoms with Gasteiger partial charge < -0.3 is 9.47 Å². The Balaban J connectivity index is 4.65. The standard InChI is InChI=1S/C23H46O7/c1-9-13-17-22(5,6)29-27-19(15-11-3)25-21(24)26-20(16-12-4)28-30-23(7,8)18-14-10-2/h19-20H,9-18H2,1-8H3. The van der Waals surface area contributed by atoms with Gasteiger partial charge in [-0.3, -0.25) is 0 Å². The molecule has 0 bridgehead atoms. The van der Waals surface area contributed by atoms with E-state index >= 15 is 0 Å². The Labute approximate surface area is 183 Å². The first-order valence-corrected chi connectivity index (χ1v) is 11.6. The number of ether oxygens (including phenoxy) is 2. The molecular formula is C23H46O7. The summed E-state index contributed by atoms with van der Waals surface area (Å²) in [5.41, 5.74) is -0.915. The van der Waals surface area contributed by atoms with Gasteiger partial charge in [-0.15, -0.1) is 0 Å². The van der Waals surface area contributed by atoms with Gasteiger partial charge in [-0.25, -0.2) is 14.6 Å². The highest BCUT2D eigenvalue weighted by atomic mass is 17.2. The number of hydrogen-bond donors (Lipinski definition) is 0. The Bertz CT molecular complexity index is 399. The highest BCUT2D eigenvalue weighted by Crippen LogP contribution is 2.22. The van der Waals surface area contributed by atoms with Crippen molar-refractivity contribution in [1.82, 2.24) is 0 Å². The lowest BCUT2D eigenvalue weighted by Crippen LogP contribution is -2.33. The summed E-state index contributed by atoms with van der Waals surface area (Å²) in [5, 5.41) is 0. The molecule has 7 nitrogen and oxygen atoms in total. The van der Waals surface area contributed by atoms with Gasteiger partial charge in [0, 0.05) is 12.8 Å². The third kappa shape index (κ3) is 15.0. The topological polar surface area (TPSA) is 72.5 Å². The average Bonchev–Trinajstić information content (AvgIpc) is 2.68. The number of rotatable bonds is 18. The van der Waals surface area contributed by atoms with Crippen molar-refractivity contribution in [3.63, 3.8) is 0 Å². The van der Waals surface area contributed by atoms with Gasteiger partial charge in [-0.2, -0.15) is 9.78 Å². The van der Waals surface area contributed by atoms with Gasteiger partial charge in [0.2, 0.25) is 12.6 Å². The maximum absolute atomic E-state index is 12.3. The van der Waals surface area contributed by atoms with E-state index in [1.54, 1.807) is 0 Å². The fraction of sp³-hybridized carbons (Fsp3) is 0.957. The van der Waals surface area contributed by atoms with E-state index in [0.717, 1.165) is 51.4 Å². The molecule has 7 heteroatoms. The first-order chi connectivity index (χ1) is 14.1. The highest BCUT2D eigenvalue weighted by Gasteiger charge is 2.27. The van der Waals surface area contributed by atoms with Gasteiger partial charge in [0.15, 0.2) is 0 Å². The third-order valence-electron chi connectivity index (χ3n) is 4.53. The SMILES string of the molecule is CCCCC(C)(C)OOC(CCC)OC(=O)OC(CCC)OOC(C)(C)CCCC. The summed E-state index contributed by atoms with van der Waals surface area (Å²) in [4.78, 5) is 34.2. The van der Waals surface area contributed by atoms with Crippen molar-refractivity contribution in [1.29, 1.82) is 0 Å². The van der Waals surface area contributed by atoms with E-state index in [-0.39, 0.29) is 0 Å². The second-order valence-corrected chi connectivity index (χ2v) is 9.01. The minimum absolute atomic E-state index is 0.457. The fourth-order valence-corrected chi connectivity index (χ4v) is 2.62. The summed E-state index contributed by atoms with van der Waals surface area (Å²) in [5.74, 6) is 0. The maximum atomic E-state index is 12.3. The van der Waals surface area contributed by atoms with Crippen molar-refractivity contribution in [3.05, 3.63) is 0 Å². The molecular weight excluding hydrogens is 388 g/mol. The van der Waals surface area contributed by atoms with Crippen LogP contribution in [-0.2, 0) is 29.0 Å². The predicted molar refractivity (Wildman–Crippen MR) is 117 cm³/mol. The first kappa shape index (κ1) is 29.1. The van der Waals surface area contributed by atoms with Crippen LogP contribution in [0.3, 0.4) is 0 Å². The normalized spacial score (nSPS) is 14.4. The Morgan fingerprint density at radius 1 is 0.667 bits per heavy atom. The molecule has 0 aromatic rings.